The Kier molecular flexibility index (Phi) is 5.80. The van der Waals surface area contributed by atoms with Crippen molar-refractivity contribution in [3.8, 4) is 5.69 Å². The number of para-hydroxylation sites is 2. The molecule has 0 amide bonds. The molecule has 0 unspecified atom stereocenters. The Morgan fingerprint density at radius 3 is 2.19 bits per heavy atom. The Hall–Kier alpha value is -4.32. The molecule has 0 aliphatic heterocycles. The van der Waals surface area contributed by atoms with E-state index in [0.717, 1.165) is 41.5 Å². The van der Waals surface area contributed by atoms with E-state index in [0.29, 0.717) is 28.0 Å². The summed E-state index contributed by atoms with van der Waals surface area (Å²) < 4.78 is 3.76. The van der Waals surface area contributed by atoms with Gasteiger partial charge in [0, 0.05) is 5.69 Å². The second-order valence-electron chi connectivity index (χ2n) is 9.61. The van der Waals surface area contributed by atoms with Crippen molar-refractivity contribution < 1.29 is 0 Å². The first-order valence-corrected chi connectivity index (χ1v) is 12.9. The van der Waals surface area contributed by atoms with Crippen LogP contribution in [0.4, 0.5) is 0 Å². The van der Waals surface area contributed by atoms with Crippen LogP contribution in [0.3, 0.4) is 0 Å². The number of hydrogen-bond acceptors (Lipinski definition) is 4. The maximum absolute atomic E-state index is 14.2. The predicted octanol–water partition coefficient (Wildman–Crippen LogP) is 6.54. The zero-order valence-electron chi connectivity index (χ0n) is 21.3. The highest BCUT2D eigenvalue weighted by atomic mass is 16.1. The van der Waals surface area contributed by atoms with Gasteiger partial charge < -0.3 is 0 Å². The number of aryl methyl sites for hydroxylation is 2. The van der Waals surface area contributed by atoms with Crippen LogP contribution in [0.2, 0.25) is 0 Å². The molecule has 0 aliphatic carbocycles. The summed E-state index contributed by atoms with van der Waals surface area (Å²) in [6.45, 7) is 6.13. The number of unbranched alkanes of at least 4 members (excludes halogenated alkanes) is 1. The second kappa shape index (κ2) is 9.28. The van der Waals surface area contributed by atoms with Gasteiger partial charge in [0.05, 0.1) is 17.1 Å². The molecule has 0 spiro atoms. The molecular weight excluding hydrogens is 458 g/mol. The molecule has 3 heterocycles. The minimum Gasteiger partial charge on any atom is -0.289 e. The van der Waals surface area contributed by atoms with Crippen molar-refractivity contribution in [1.82, 2.24) is 24.1 Å². The monoisotopic (exact) mass is 487 g/mol. The van der Waals surface area contributed by atoms with Gasteiger partial charge >= 0.3 is 0 Å². The van der Waals surface area contributed by atoms with Gasteiger partial charge in [-0.25, -0.2) is 15.0 Å². The van der Waals surface area contributed by atoms with Crippen molar-refractivity contribution in [1.29, 1.82) is 0 Å². The van der Waals surface area contributed by atoms with Crippen molar-refractivity contribution in [2.45, 2.75) is 46.1 Å². The highest BCUT2D eigenvalue weighted by molar-refractivity contribution is 6.05. The molecule has 0 bridgehead atoms. The Labute approximate surface area is 215 Å². The summed E-state index contributed by atoms with van der Waals surface area (Å²) in [4.78, 5) is 29.1. The Bertz CT molecular complexity index is 1800. The largest absolute Gasteiger partial charge is 0.289 e. The fourth-order valence-electron chi connectivity index (χ4n) is 5.18. The van der Waals surface area contributed by atoms with Gasteiger partial charge in [0.1, 0.15) is 16.7 Å². The van der Waals surface area contributed by atoms with E-state index < -0.39 is 0 Å². The van der Waals surface area contributed by atoms with Crippen LogP contribution < -0.4 is 5.56 Å². The fourth-order valence-corrected chi connectivity index (χ4v) is 5.18. The first-order chi connectivity index (χ1) is 18.1. The van der Waals surface area contributed by atoms with Crippen molar-refractivity contribution in [3.05, 3.63) is 106 Å². The zero-order chi connectivity index (χ0) is 25.5. The third kappa shape index (κ3) is 3.89. The van der Waals surface area contributed by atoms with E-state index >= 15 is 0 Å². The van der Waals surface area contributed by atoms with Gasteiger partial charge in [0.25, 0.3) is 5.56 Å². The lowest BCUT2D eigenvalue weighted by Crippen LogP contribution is -2.27. The highest BCUT2D eigenvalue weighted by Gasteiger charge is 2.24. The van der Waals surface area contributed by atoms with Crippen molar-refractivity contribution in [2.75, 3.05) is 0 Å². The highest BCUT2D eigenvalue weighted by Crippen LogP contribution is 2.30. The van der Waals surface area contributed by atoms with E-state index in [4.69, 9.17) is 15.0 Å². The zero-order valence-corrected chi connectivity index (χ0v) is 21.3. The van der Waals surface area contributed by atoms with Gasteiger partial charge in [0.15, 0.2) is 11.3 Å². The molecule has 0 N–H and O–H groups in total. The number of benzene rings is 3. The molecule has 0 fully saturated rings. The van der Waals surface area contributed by atoms with Gasteiger partial charge in [-0.2, -0.15) is 0 Å². The van der Waals surface area contributed by atoms with E-state index in [-0.39, 0.29) is 11.6 Å². The van der Waals surface area contributed by atoms with Crippen LogP contribution in [0.25, 0.3) is 38.9 Å². The Balaban J connectivity index is 1.66. The standard InChI is InChI=1S/C31H29N5O/c1-4-5-11-22-16-18-24(19-17-22)36-29-27(28-30(36)34-26-15-10-9-14-25(26)33-28)31(37)35(21(3)32-29)20(2)23-12-7-6-8-13-23/h6-10,12-20H,4-5,11H2,1-3H3/t20-/m0/s1. The van der Waals surface area contributed by atoms with Crippen LogP contribution in [0.5, 0.6) is 0 Å². The van der Waals surface area contributed by atoms with Gasteiger partial charge in [-0.3, -0.25) is 13.9 Å². The number of hydrogen-bond donors (Lipinski definition) is 0. The summed E-state index contributed by atoms with van der Waals surface area (Å²) in [5, 5.41) is 0.497. The molecule has 0 saturated heterocycles. The molecule has 0 aliphatic rings. The topological polar surface area (TPSA) is 65.6 Å². The molecule has 6 nitrogen and oxygen atoms in total. The van der Waals surface area contributed by atoms with Crippen molar-refractivity contribution in [2.24, 2.45) is 0 Å². The van der Waals surface area contributed by atoms with E-state index in [1.165, 1.54) is 5.56 Å². The minimum absolute atomic E-state index is 0.105. The van der Waals surface area contributed by atoms with E-state index in [2.05, 4.69) is 31.2 Å². The predicted molar refractivity (Wildman–Crippen MR) is 150 cm³/mol. The van der Waals surface area contributed by atoms with Crippen LogP contribution >= 0.6 is 0 Å². The van der Waals surface area contributed by atoms with Crippen LogP contribution in [0.15, 0.2) is 83.7 Å². The summed E-state index contributed by atoms with van der Waals surface area (Å²) >= 11 is 0. The molecule has 3 aromatic heterocycles. The molecule has 6 aromatic rings. The van der Waals surface area contributed by atoms with Crippen molar-refractivity contribution >= 4 is 33.2 Å². The number of nitrogens with zero attached hydrogens (tertiary/aromatic N) is 5. The smallest absolute Gasteiger partial charge is 0.265 e. The fraction of sp³-hybridized carbons (Fsp3) is 0.226. The molecule has 0 radical (unpaired) electrons. The summed E-state index contributed by atoms with van der Waals surface area (Å²) in [6.07, 6.45) is 3.37. The third-order valence-corrected chi connectivity index (χ3v) is 7.17. The van der Waals surface area contributed by atoms with Gasteiger partial charge in [-0.15, -0.1) is 0 Å². The lowest BCUT2D eigenvalue weighted by atomic mass is 10.1. The average molecular weight is 488 g/mol. The quantitative estimate of drug-likeness (QED) is 0.267. The number of fused-ring (bicyclic) bond motifs is 4. The number of rotatable bonds is 6. The molecule has 3 aromatic carbocycles. The summed E-state index contributed by atoms with van der Waals surface area (Å²) in [5.74, 6) is 0.655. The first kappa shape index (κ1) is 23.1. The van der Waals surface area contributed by atoms with E-state index in [9.17, 15) is 4.79 Å². The first-order valence-electron chi connectivity index (χ1n) is 12.9. The summed E-state index contributed by atoms with van der Waals surface area (Å²) in [7, 11) is 0. The molecule has 6 heteroatoms. The Morgan fingerprint density at radius 2 is 1.49 bits per heavy atom. The lowest BCUT2D eigenvalue weighted by molar-refractivity contribution is 0.587. The maximum atomic E-state index is 14.2. The minimum atomic E-state index is -0.171. The van der Waals surface area contributed by atoms with Crippen LogP contribution in [0.1, 0.15) is 49.7 Å². The SMILES string of the molecule is CCCCc1ccc(-n2c3nc4ccccc4nc3c3c(=O)n([C@@H](C)c4ccccc4)c(C)nc32)cc1. The van der Waals surface area contributed by atoms with Crippen LogP contribution in [-0.2, 0) is 6.42 Å². The normalized spacial score (nSPS) is 12.5. The lowest BCUT2D eigenvalue weighted by Gasteiger charge is -2.18. The van der Waals surface area contributed by atoms with Gasteiger partial charge in [-0.05, 0) is 62.1 Å². The van der Waals surface area contributed by atoms with Crippen LogP contribution in [-0.4, -0.2) is 24.1 Å². The molecule has 6 rings (SSSR count). The molecule has 37 heavy (non-hydrogen) atoms. The van der Waals surface area contributed by atoms with E-state index in [1.807, 2.05) is 73.0 Å². The molecular formula is C31H29N5O. The van der Waals surface area contributed by atoms with E-state index in [1.54, 1.807) is 4.57 Å². The molecule has 184 valence electrons. The summed E-state index contributed by atoms with van der Waals surface area (Å²) in [6, 6.07) is 26.1. The van der Waals surface area contributed by atoms with Crippen molar-refractivity contribution in [3.63, 3.8) is 0 Å². The second-order valence-corrected chi connectivity index (χ2v) is 9.61. The molecule has 0 saturated carbocycles. The maximum Gasteiger partial charge on any atom is 0.265 e. The number of aromatic nitrogens is 5. The third-order valence-electron chi connectivity index (χ3n) is 7.17. The van der Waals surface area contributed by atoms with Gasteiger partial charge in [-0.1, -0.05) is 67.9 Å². The Morgan fingerprint density at radius 1 is 0.811 bits per heavy atom. The van der Waals surface area contributed by atoms with Crippen LogP contribution in [0, 0.1) is 6.92 Å². The molecule has 1 atom stereocenters. The summed E-state index contributed by atoms with van der Waals surface area (Å²) in [5.41, 5.74) is 6.52. The average Bonchev–Trinajstić information content (AvgIpc) is 3.24. The van der Waals surface area contributed by atoms with Gasteiger partial charge in [0.2, 0.25) is 0 Å².